The number of hydrogen-bond donors (Lipinski definition) is 1. The molecule has 144 valence electrons. The Hall–Kier alpha value is -3.54. The summed E-state index contributed by atoms with van der Waals surface area (Å²) < 4.78 is 2.06. The molecule has 6 nitrogen and oxygen atoms in total. The van der Waals surface area contributed by atoms with E-state index in [1.807, 2.05) is 61.5 Å². The Morgan fingerprint density at radius 3 is 2.66 bits per heavy atom. The number of fused-ring (bicyclic) bond motifs is 1. The summed E-state index contributed by atoms with van der Waals surface area (Å²) in [4.78, 5) is 18.1. The number of amides is 1. The molecule has 29 heavy (non-hydrogen) atoms. The molecule has 2 aromatic carbocycles. The molecule has 5 rings (SSSR count). The van der Waals surface area contributed by atoms with Gasteiger partial charge in [0.15, 0.2) is 5.82 Å². The molecular weight excluding hydrogens is 362 g/mol. The van der Waals surface area contributed by atoms with Crippen molar-refractivity contribution in [3.63, 3.8) is 0 Å². The number of nitrogens with zero attached hydrogens (tertiary/aromatic N) is 4. The normalized spacial score (nSPS) is 13.6. The number of para-hydroxylation sites is 1. The monoisotopic (exact) mass is 383 g/mol. The van der Waals surface area contributed by atoms with Crippen LogP contribution in [0.2, 0.25) is 0 Å². The highest BCUT2D eigenvalue weighted by Crippen LogP contribution is 2.35. The second-order valence-electron chi connectivity index (χ2n) is 7.41. The minimum Gasteiger partial charge on any atom is -0.345 e. The molecule has 1 fully saturated rings. The highest BCUT2D eigenvalue weighted by molar-refractivity contribution is 6.08. The van der Waals surface area contributed by atoms with Gasteiger partial charge in [-0.2, -0.15) is 0 Å². The van der Waals surface area contributed by atoms with Gasteiger partial charge in [0.1, 0.15) is 6.33 Å². The molecular formula is C23H21N5O. The third-order valence-corrected chi connectivity index (χ3v) is 5.40. The summed E-state index contributed by atoms with van der Waals surface area (Å²) in [6.45, 7) is 2.31. The van der Waals surface area contributed by atoms with Crippen molar-refractivity contribution in [1.29, 1.82) is 0 Å². The molecule has 4 aromatic rings. The zero-order valence-corrected chi connectivity index (χ0v) is 16.2. The van der Waals surface area contributed by atoms with Crippen molar-refractivity contribution < 1.29 is 4.79 Å². The van der Waals surface area contributed by atoms with E-state index in [1.165, 1.54) is 0 Å². The molecule has 0 spiro atoms. The topological polar surface area (TPSA) is 72.7 Å². The van der Waals surface area contributed by atoms with Gasteiger partial charge >= 0.3 is 0 Å². The highest BCUT2D eigenvalue weighted by atomic mass is 16.1. The van der Waals surface area contributed by atoms with E-state index in [-0.39, 0.29) is 5.91 Å². The molecule has 2 heterocycles. The van der Waals surface area contributed by atoms with Gasteiger partial charge in [0.05, 0.1) is 23.3 Å². The molecule has 0 atom stereocenters. The van der Waals surface area contributed by atoms with Gasteiger partial charge in [0, 0.05) is 17.0 Å². The number of carbonyl (C=O) groups excluding carboxylic acids is 1. The van der Waals surface area contributed by atoms with Crippen LogP contribution in [0.4, 0.5) is 0 Å². The molecule has 0 unspecified atom stereocenters. The van der Waals surface area contributed by atoms with Crippen LogP contribution in [0.3, 0.4) is 0 Å². The zero-order valence-electron chi connectivity index (χ0n) is 16.2. The predicted molar refractivity (Wildman–Crippen MR) is 111 cm³/mol. The Kier molecular flexibility index (Phi) is 4.31. The van der Waals surface area contributed by atoms with Gasteiger partial charge in [-0.1, -0.05) is 48.5 Å². The van der Waals surface area contributed by atoms with E-state index in [0.717, 1.165) is 46.4 Å². The molecule has 6 heteroatoms. The lowest BCUT2D eigenvalue weighted by atomic mass is 9.97. The molecule has 0 saturated heterocycles. The predicted octanol–water partition coefficient (Wildman–Crippen LogP) is 4.07. The maximum Gasteiger partial charge on any atom is 0.252 e. The largest absolute Gasteiger partial charge is 0.345 e. The van der Waals surface area contributed by atoms with Crippen LogP contribution in [0.1, 0.15) is 40.6 Å². The van der Waals surface area contributed by atoms with Gasteiger partial charge in [-0.3, -0.25) is 4.79 Å². The van der Waals surface area contributed by atoms with E-state index in [9.17, 15) is 4.79 Å². The number of aromatic nitrogens is 4. The van der Waals surface area contributed by atoms with Crippen molar-refractivity contribution in [2.45, 2.75) is 32.4 Å². The molecule has 0 bridgehead atoms. The molecule has 0 aliphatic heterocycles. The fourth-order valence-electron chi connectivity index (χ4n) is 3.78. The van der Waals surface area contributed by atoms with Crippen LogP contribution in [-0.2, 0) is 6.54 Å². The number of rotatable bonds is 5. The second-order valence-corrected chi connectivity index (χ2v) is 7.41. The van der Waals surface area contributed by atoms with Crippen LogP contribution < -0.4 is 5.32 Å². The average Bonchev–Trinajstić information content (AvgIpc) is 3.49. The maximum atomic E-state index is 13.3. The fraction of sp³-hybridized carbons (Fsp3) is 0.217. The van der Waals surface area contributed by atoms with Gasteiger partial charge in [-0.25, -0.2) is 4.98 Å². The summed E-state index contributed by atoms with van der Waals surface area (Å²) in [7, 11) is 0. The first-order valence-corrected chi connectivity index (χ1v) is 9.83. The second kappa shape index (κ2) is 7.13. The Labute approximate surface area is 168 Å². The van der Waals surface area contributed by atoms with Crippen LogP contribution in [0.15, 0.2) is 60.9 Å². The van der Waals surface area contributed by atoms with E-state index >= 15 is 0 Å². The molecule has 1 saturated carbocycles. The van der Waals surface area contributed by atoms with Crippen molar-refractivity contribution in [2.75, 3.05) is 0 Å². The van der Waals surface area contributed by atoms with Crippen molar-refractivity contribution in [1.82, 2.24) is 25.1 Å². The van der Waals surface area contributed by atoms with Crippen LogP contribution in [-0.4, -0.2) is 25.7 Å². The maximum absolute atomic E-state index is 13.3. The quantitative estimate of drug-likeness (QED) is 0.564. The van der Waals surface area contributed by atoms with E-state index < -0.39 is 0 Å². The van der Waals surface area contributed by atoms with Crippen molar-refractivity contribution in [3.05, 3.63) is 77.9 Å². The summed E-state index contributed by atoms with van der Waals surface area (Å²) in [6.07, 6.45) is 4.04. The van der Waals surface area contributed by atoms with E-state index in [1.54, 1.807) is 6.33 Å². The standard InChI is InChI=1S/C23H21N5O/c1-15-21(23(29)24-13-20-27-25-14-28(20)17-11-12-17)18-9-5-6-10-19(18)26-22(15)16-7-3-2-4-8-16/h2-10,14,17H,11-13H2,1H3,(H,24,29). The smallest absolute Gasteiger partial charge is 0.252 e. The lowest BCUT2D eigenvalue weighted by Gasteiger charge is -2.15. The first-order chi connectivity index (χ1) is 14.2. The summed E-state index contributed by atoms with van der Waals surface area (Å²) in [6, 6.07) is 18.2. The minimum absolute atomic E-state index is 0.122. The van der Waals surface area contributed by atoms with E-state index in [4.69, 9.17) is 4.98 Å². The first-order valence-electron chi connectivity index (χ1n) is 9.83. The zero-order chi connectivity index (χ0) is 19.8. The van der Waals surface area contributed by atoms with Crippen molar-refractivity contribution in [2.24, 2.45) is 0 Å². The summed E-state index contributed by atoms with van der Waals surface area (Å²) in [5, 5.41) is 12.1. The minimum atomic E-state index is -0.122. The molecule has 1 aliphatic carbocycles. The van der Waals surface area contributed by atoms with Gasteiger partial charge < -0.3 is 9.88 Å². The van der Waals surface area contributed by atoms with Crippen LogP contribution in [0.25, 0.3) is 22.2 Å². The Bertz CT molecular complexity index is 1190. The summed E-state index contributed by atoms with van der Waals surface area (Å²) in [5.74, 6) is 0.670. The summed E-state index contributed by atoms with van der Waals surface area (Å²) >= 11 is 0. The van der Waals surface area contributed by atoms with Crippen molar-refractivity contribution >= 4 is 16.8 Å². The number of carbonyl (C=O) groups is 1. The molecule has 1 aliphatic rings. The first kappa shape index (κ1) is 17.6. The van der Waals surface area contributed by atoms with E-state index in [2.05, 4.69) is 20.1 Å². The molecule has 0 radical (unpaired) electrons. The van der Waals surface area contributed by atoms with E-state index in [0.29, 0.717) is 18.2 Å². The van der Waals surface area contributed by atoms with Gasteiger partial charge in [0.2, 0.25) is 0 Å². The lowest BCUT2D eigenvalue weighted by molar-refractivity contribution is 0.0950. The highest BCUT2D eigenvalue weighted by Gasteiger charge is 2.26. The Morgan fingerprint density at radius 2 is 1.86 bits per heavy atom. The van der Waals surface area contributed by atoms with Crippen LogP contribution >= 0.6 is 0 Å². The van der Waals surface area contributed by atoms with Crippen LogP contribution in [0, 0.1) is 6.92 Å². The molecule has 1 N–H and O–H groups in total. The van der Waals surface area contributed by atoms with Gasteiger partial charge in [-0.15, -0.1) is 10.2 Å². The molecule has 2 aromatic heterocycles. The number of benzene rings is 2. The van der Waals surface area contributed by atoms with Gasteiger partial charge in [0.25, 0.3) is 5.91 Å². The lowest BCUT2D eigenvalue weighted by Crippen LogP contribution is -2.26. The molecule has 1 amide bonds. The third-order valence-electron chi connectivity index (χ3n) is 5.40. The number of pyridine rings is 1. The van der Waals surface area contributed by atoms with Gasteiger partial charge in [-0.05, 0) is 31.4 Å². The third kappa shape index (κ3) is 3.27. The van der Waals surface area contributed by atoms with Crippen LogP contribution in [0.5, 0.6) is 0 Å². The number of hydrogen-bond acceptors (Lipinski definition) is 4. The fourth-order valence-corrected chi connectivity index (χ4v) is 3.78. The van der Waals surface area contributed by atoms with Crippen molar-refractivity contribution in [3.8, 4) is 11.3 Å². The Morgan fingerprint density at radius 1 is 1.10 bits per heavy atom. The Balaban J connectivity index is 1.53. The summed E-state index contributed by atoms with van der Waals surface area (Å²) in [5.41, 5.74) is 4.17. The SMILES string of the molecule is Cc1c(-c2ccccc2)nc2ccccc2c1C(=O)NCc1nncn1C1CC1. The average molecular weight is 383 g/mol. The number of nitrogens with one attached hydrogen (secondary N) is 1.